The summed E-state index contributed by atoms with van der Waals surface area (Å²) < 4.78 is 8.35. The molecule has 0 aliphatic carbocycles. The van der Waals surface area contributed by atoms with Gasteiger partial charge in [0.05, 0.1) is 0 Å². The molecule has 0 bridgehead atoms. The first-order chi connectivity index (χ1) is 28.1. The Kier molecular flexibility index (Phi) is 20.2. The van der Waals surface area contributed by atoms with Gasteiger partial charge in [0.1, 0.15) is 0 Å². The topological polar surface area (TPSA) is 55.3 Å². The van der Waals surface area contributed by atoms with Crippen molar-refractivity contribution in [2.24, 2.45) is 4.99 Å². The van der Waals surface area contributed by atoms with Crippen LogP contribution >= 0.6 is 31.8 Å². The number of nitrogens with zero attached hydrogens (tertiary/aromatic N) is 1. The molecule has 286 valence electrons. The first-order valence-electron chi connectivity index (χ1n) is 17.9. The molecule has 0 amide bonds. The van der Waals surface area contributed by atoms with Gasteiger partial charge in [0, 0.05) is 16.4 Å². The van der Waals surface area contributed by atoms with Crippen LogP contribution in [-0.4, -0.2) is 6.21 Å². The maximum atomic E-state index is 11.5. The molecule has 0 saturated heterocycles. The van der Waals surface area contributed by atoms with Gasteiger partial charge < -0.3 is 17.7 Å². The zero-order valence-corrected chi connectivity index (χ0v) is 37.2. The molecule has 0 fully saturated rings. The van der Waals surface area contributed by atoms with Crippen molar-refractivity contribution in [3.63, 3.8) is 0 Å². The number of halogens is 1. The third-order valence-corrected chi connectivity index (χ3v) is 14.0. The van der Waals surface area contributed by atoms with Crippen molar-refractivity contribution in [1.29, 1.82) is 0 Å². The standard InChI is InChI=1S/2C18H15P.C13H10BrNOS.CO.Ru/c2*1-4-10-16(11-5-1)19(17-12-6-2-7-13-17)18-14-8-3-9-15-18;14-10-5-6-12(16)9(7-10)8-15-11-3-1-2-4-13(11)17;1-2;/h2*1-15H;1-8,16-17H;;/q;;;;+2/p-2. The minimum Gasteiger partial charge on any atom is -0.872 e. The van der Waals surface area contributed by atoms with E-state index >= 15 is 0 Å². The average molecular weight is 960 g/mol. The summed E-state index contributed by atoms with van der Waals surface area (Å²) in [5, 5.41) is 19.9. The molecule has 8 aromatic rings. The second-order valence-corrected chi connectivity index (χ2v) is 17.9. The van der Waals surface area contributed by atoms with Gasteiger partial charge in [-0.05, 0) is 71.4 Å². The number of aliphatic imine (C=N–C) groups is 1. The Balaban J connectivity index is 0.000000187. The van der Waals surface area contributed by atoms with Crippen molar-refractivity contribution >= 4 is 88.1 Å². The Morgan fingerprint density at radius 2 is 0.759 bits per heavy atom. The van der Waals surface area contributed by atoms with Crippen LogP contribution in [0.25, 0.3) is 0 Å². The summed E-state index contributed by atoms with van der Waals surface area (Å²) in [6.07, 6.45) is 1.54. The zero-order valence-electron chi connectivity index (χ0n) is 31.2. The number of para-hydroxylation sites is 1. The predicted molar refractivity (Wildman–Crippen MR) is 247 cm³/mol. The van der Waals surface area contributed by atoms with Crippen molar-refractivity contribution in [3.8, 4) is 5.75 Å². The SMILES string of the molecule is [C-]#[O+].[O-]c1ccc(Br)cc1C=Nc1ccccc1[S-].[Ru+2].c1ccc(P(c2ccccc2)c2ccccc2)cc1.c1ccc(P(c2ccccc2)c2ccccc2)cc1. The van der Waals surface area contributed by atoms with E-state index in [9.17, 15) is 5.11 Å². The van der Waals surface area contributed by atoms with Crippen molar-refractivity contribution in [2.75, 3.05) is 0 Å². The zero-order chi connectivity index (χ0) is 40.1. The second kappa shape index (κ2) is 25.5. The molecule has 8 aromatic carbocycles. The molecule has 8 rings (SSSR count). The molecule has 0 aromatic heterocycles. The Labute approximate surface area is 371 Å². The van der Waals surface area contributed by atoms with E-state index in [1.54, 1.807) is 18.2 Å². The summed E-state index contributed by atoms with van der Waals surface area (Å²) in [6, 6.07) is 77.0. The van der Waals surface area contributed by atoms with Crippen LogP contribution < -0.4 is 36.9 Å². The summed E-state index contributed by atoms with van der Waals surface area (Å²) in [6.45, 7) is 4.50. The Bertz CT molecular complexity index is 2110. The van der Waals surface area contributed by atoms with Crippen LogP contribution in [0.4, 0.5) is 5.69 Å². The molecular formula is C50H38BrNO2P2RuS. The maximum Gasteiger partial charge on any atom is 2.00 e. The Morgan fingerprint density at radius 3 is 1.07 bits per heavy atom. The third-order valence-electron chi connectivity index (χ3n) is 8.27. The molecule has 3 nitrogen and oxygen atoms in total. The summed E-state index contributed by atoms with van der Waals surface area (Å²) in [5.74, 6) is -0.0567. The van der Waals surface area contributed by atoms with Gasteiger partial charge in [-0.1, -0.05) is 228 Å². The van der Waals surface area contributed by atoms with Crippen LogP contribution in [-0.2, 0) is 36.8 Å². The molecule has 0 spiro atoms. The van der Waals surface area contributed by atoms with Gasteiger partial charge in [-0.15, -0.1) is 4.90 Å². The van der Waals surface area contributed by atoms with Crippen LogP contribution in [0.5, 0.6) is 5.75 Å². The largest absolute Gasteiger partial charge is 2.00 e. The van der Waals surface area contributed by atoms with Crippen LogP contribution in [0, 0.1) is 6.65 Å². The van der Waals surface area contributed by atoms with Crippen molar-refractivity contribution in [3.05, 3.63) is 241 Å². The van der Waals surface area contributed by atoms with Crippen molar-refractivity contribution in [1.82, 2.24) is 0 Å². The van der Waals surface area contributed by atoms with Gasteiger partial charge in [-0.2, -0.15) is 0 Å². The van der Waals surface area contributed by atoms with Crippen LogP contribution in [0.2, 0.25) is 0 Å². The normalized spacial score (nSPS) is 10.2. The first kappa shape index (κ1) is 45.9. The molecule has 0 aliphatic rings. The molecule has 0 atom stereocenters. The molecule has 0 saturated carbocycles. The van der Waals surface area contributed by atoms with Gasteiger partial charge in [-0.3, -0.25) is 4.99 Å². The predicted octanol–water partition coefficient (Wildman–Crippen LogP) is 10.0. The average Bonchev–Trinajstić information content (AvgIpc) is 3.28. The minimum absolute atomic E-state index is 0. The van der Waals surface area contributed by atoms with Crippen molar-refractivity contribution in [2.45, 2.75) is 4.90 Å². The number of hydrogen-bond donors (Lipinski definition) is 0. The molecule has 0 unspecified atom stereocenters. The fraction of sp³-hybridized carbons (Fsp3) is 0. The third kappa shape index (κ3) is 13.9. The van der Waals surface area contributed by atoms with Gasteiger partial charge in [-0.25, -0.2) is 0 Å². The van der Waals surface area contributed by atoms with Gasteiger partial charge in [0.25, 0.3) is 0 Å². The van der Waals surface area contributed by atoms with E-state index in [-0.39, 0.29) is 25.2 Å². The fourth-order valence-electron chi connectivity index (χ4n) is 5.68. The Hall–Kier alpha value is -4.85. The molecule has 0 aliphatic heterocycles. The smallest absolute Gasteiger partial charge is 0.872 e. The fourth-order valence-corrected chi connectivity index (χ4v) is 10.9. The van der Waals surface area contributed by atoms with E-state index in [2.05, 4.69) is 210 Å². The van der Waals surface area contributed by atoms with E-state index in [0.717, 1.165) is 4.47 Å². The first-order valence-corrected chi connectivity index (χ1v) is 21.8. The van der Waals surface area contributed by atoms with E-state index in [4.69, 9.17) is 17.3 Å². The second-order valence-electron chi connectivity index (χ2n) is 12.1. The minimum atomic E-state index is -0.446. The Morgan fingerprint density at radius 1 is 0.466 bits per heavy atom. The number of rotatable bonds is 8. The monoisotopic (exact) mass is 959 g/mol. The molecule has 8 heteroatoms. The van der Waals surface area contributed by atoms with E-state index in [0.29, 0.717) is 16.1 Å². The molecule has 0 heterocycles. The summed E-state index contributed by atoms with van der Waals surface area (Å²) in [4.78, 5) is 4.90. The van der Waals surface area contributed by atoms with Gasteiger partial charge >= 0.3 is 30.8 Å². The summed E-state index contributed by atoms with van der Waals surface area (Å²) in [7, 11) is -0.892. The number of benzene rings is 8. The van der Waals surface area contributed by atoms with Gasteiger partial charge in [0.2, 0.25) is 0 Å². The molecule has 58 heavy (non-hydrogen) atoms. The van der Waals surface area contributed by atoms with Crippen LogP contribution in [0.15, 0.2) is 239 Å². The van der Waals surface area contributed by atoms with E-state index in [1.165, 1.54) is 44.1 Å². The van der Waals surface area contributed by atoms with Crippen LogP contribution in [0.3, 0.4) is 0 Å². The van der Waals surface area contributed by atoms with Crippen molar-refractivity contribution < 1.29 is 29.2 Å². The maximum absolute atomic E-state index is 11.5. The van der Waals surface area contributed by atoms with Gasteiger partial charge in [0.15, 0.2) is 0 Å². The number of hydrogen-bond acceptors (Lipinski definition) is 3. The van der Waals surface area contributed by atoms with E-state index in [1.807, 2.05) is 18.2 Å². The summed E-state index contributed by atoms with van der Waals surface area (Å²) >= 11 is 8.44. The molecule has 0 radical (unpaired) electrons. The summed E-state index contributed by atoms with van der Waals surface area (Å²) in [5.41, 5.74) is 1.24. The van der Waals surface area contributed by atoms with E-state index < -0.39 is 15.8 Å². The molecule has 0 N–H and O–H groups in total. The van der Waals surface area contributed by atoms with Crippen LogP contribution in [0.1, 0.15) is 5.56 Å². The molecular weight excluding hydrogens is 922 g/mol. The quantitative estimate of drug-likeness (QED) is 0.0381.